The van der Waals surface area contributed by atoms with Crippen molar-refractivity contribution in [3.63, 3.8) is 0 Å². The summed E-state index contributed by atoms with van der Waals surface area (Å²) >= 11 is 0. The molecule has 2 nitrogen and oxygen atoms in total. The molecule has 0 aliphatic rings. The molecule has 0 aromatic heterocycles. The van der Waals surface area contributed by atoms with Crippen LogP contribution in [0.3, 0.4) is 0 Å². The molecule has 0 rings (SSSR count). The second-order valence-corrected chi connectivity index (χ2v) is 3.58. The van der Waals surface area contributed by atoms with E-state index in [1.165, 1.54) is 25.7 Å². The van der Waals surface area contributed by atoms with Crippen LogP contribution in [0.2, 0.25) is 0 Å². The zero-order valence-corrected chi connectivity index (χ0v) is 8.29. The fourth-order valence-electron chi connectivity index (χ4n) is 1.27. The number of hydrogen-bond acceptors (Lipinski definition) is 2. The number of rotatable bonds is 7. The molecule has 0 saturated heterocycles. The fraction of sp³-hybridized carbons (Fsp3) is 1.00. The van der Waals surface area contributed by atoms with E-state index in [9.17, 15) is 5.11 Å². The highest BCUT2D eigenvalue weighted by molar-refractivity contribution is 4.62. The lowest BCUT2D eigenvalue weighted by Crippen LogP contribution is -2.21. The maximum Gasteiger partial charge on any atom is 0.0796 e. The Morgan fingerprint density at radius 2 is 1.83 bits per heavy atom. The summed E-state index contributed by atoms with van der Waals surface area (Å²) < 4.78 is 0. The number of unbranched alkanes of at least 4 members (excludes halogenated alkanes) is 3. The van der Waals surface area contributed by atoms with Crippen molar-refractivity contribution in [2.45, 2.75) is 52.1 Å². The average Bonchev–Trinajstić information content (AvgIpc) is 2.10. The molecule has 0 amide bonds. The van der Waals surface area contributed by atoms with Gasteiger partial charge in [-0.1, -0.05) is 39.5 Å². The molecule has 0 heterocycles. The van der Waals surface area contributed by atoms with Gasteiger partial charge in [0.2, 0.25) is 0 Å². The molecule has 0 fully saturated rings. The largest absolute Gasteiger partial charge is 0.394 e. The van der Waals surface area contributed by atoms with Gasteiger partial charge in [0.05, 0.1) is 12.7 Å². The Labute approximate surface area is 75.6 Å². The SMILES string of the molecule is CCCCCCC(C)C(O)CO. The summed E-state index contributed by atoms with van der Waals surface area (Å²) in [6.45, 7) is 4.08. The van der Waals surface area contributed by atoms with Crippen LogP contribution in [-0.4, -0.2) is 22.9 Å². The monoisotopic (exact) mass is 174 g/mol. The van der Waals surface area contributed by atoms with E-state index in [1.54, 1.807) is 0 Å². The van der Waals surface area contributed by atoms with Crippen LogP contribution in [0.5, 0.6) is 0 Å². The van der Waals surface area contributed by atoms with E-state index in [0.29, 0.717) is 0 Å². The van der Waals surface area contributed by atoms with Crippen molar-refractivity contribution in [1.29, 1.82) is 0 Å². The van der Waals surface area contributed by atoms with Crippen molar-refractivity contribution < 1.29 is 10.2 Å². The van der Waals surface area contributed by atoms with Crippen LogP contribution in [0.1, 0.15) is 46.0 Å². The Balaban J connectivity index is 3.24. The predicted molar refractivity (Wildman–Crippen MR) is 51.0 cm³/mol. The van der Waals surface area contributed by atoms with E-state index in [-0.39, 0.29) is 12.5 Å². The van der Waals surface area contributed by atoms with Gasteiger partial charge in [0.25, 0.3) is 0 Å². The molecule has 0 aromatic carbocycles. The fourth-order valence-corrected chi connectivity index (χ4v) is 1.27. The Morgan fingerprint density at radius 3 is 2.33 bits per heavy atom. The van der Waals surface area contributed by atoms with Gasteiger partial charge in [-0.05, 0) is 12.3 Å². The van der Waals surface area contributed by atoms with E-state index >= 15 is 0 Å². The van der Waals surface area contributed by atoms with Crippen LogP contribution in [0.25, 0.3) is 0 Å². The van der Waals surface area contributed by atoms with Crippen molar-refractivity contribution in [2.75, 3.05) is 6.61 Å². The third kappa shape index (κ3) is 5.56. The molecular weight excluding hydrogens is 152 g/mol. The van der Waals surface area contributed by atoms with Gasteiger partial charge in [-0.3, -0.25) is 0 Å². The maximum absolute atomic E-state index is 9.23. The summed E-state index contributed by atoms with van der Waals surface area (Å²) in [7, 11) is 0. The molecule has 2 heteroatoms. The van der Waals surface area contributed by atoms with E-state index in [2.05, 4.69) is 6.92 Å². The first-order valence-electron chi connectivity index (χ1n) is 5.01. The second-order valence-electron chi connectivity index (χ2n) is 3.58. The topological polar surface area (TPSA) is 40.5 Å². The standard InChI is InChI=1S/C10H22O2/c1-3-4-5-6-7-9(2)10(12)8-11/h9-12H,3-8H2,1-2H3. The second kappa shape index (κ2) is 7.56. The van der Waals surface area contributed by atoms with Gasteiger partial charge in [-0.2, -0.15) is 0 Å². The van der Waals surface area contributed by atoms with Crippen LogP contribution in [0.4, 0.5) is 0 Å². The van der Waals surface area contributed by atoms with Gasteiger partial charge in [0, 0.05) is 0 Å². The summed E-state index contributed by atoms with van der Waals surface area (Å²) in [5, 5.41) is 17.9. The summed E-state index contributed by atoms with van der Waals surface area (Å²) in [5.41, 5.74) is 0. The van der Waals surface area contributed by atoms with Gasteiger partial charge < -0.3 is 10.2 Å². The lowest BCUT2D eigenvalue weighted by Gasteiger charge is -2.15. The molecule has 2 N–H and O–H groups in total. The van der Waals surface area contributed by atoms with Gasteiger partial charge >= 0.3 is 0 Å². The van der Waals surface area contributed by atoms with Crippen LogP contribution < -0.4 is 0 Å². The minimum atomic E-state index is -0.522. The van der Waals surface area contributed by atoms with Gasteiger partial charge in [-0.25, -0.2) is 0 Å². The maximum atomic E-state index is 9.23. The normalized spacial score (nSPS) is 16.0. The van der Waals surface area contributed by atoms with Crippen molar-refractivity contribution in [1.82, 2.24) is 0 Å². The van der Waals surface area contributed by atoms with Crippen LogP contribution >= 0.6 is 0 Å². The predicted octanol–water partition coefficient (Wildman–Crippen LogP) is 1.95. The lowest BCUT2D eigenvalue weighted by atomic mass is 9.98. The third-order valence-electron chi connectivity index (χ3n) is 2.36. The van der Waals surface area contributed by atoms with Crippen molar-refractivity contribution in [3.8, 4) is 0 Å². The Morgan fingerprint density at radius 1 is 1.17 bits per heavy atom. The zero-order valence-electron chi connectivity index (χ0n) is 8.29. The molecule has 0 spiro atoms. The first-order chi connectivity index (χ1) is 5.72. The van der Waals surface area contributed by atoms with E-state index in [1.807, 2.05) is 6.92 Å². The minimum absolute atomic E-state index is 0.102. The molecule has 0 saturated carbocycles. The molecular formula is C10H22O2. The molecule has 0 aliphatic heterocycles. The van der Waals surface area contributed by atoms with Gasteiger partial charge in [0.1, 0.15) is 0 Å². The zero-order chi connectivity index (χ0) is 9.40. The Hall–Kier alpha value is -0.0800. The molecule has 0 aromatic rings. The van der Waals surface area contributed by atoms with Crippen LogP contribution in [0, 0.1) is 5.92 Å². The third-order valence-corrected chi connectivity index (χ3v) is 2.36. The van der Waals surface area contributed by atoms with E-state index < -0.39 is 6.10 Å². The van der Waals surface area contributed by atoms with Gasteiger partial charge in [0.15, 0.2) is 0 Å². The van der Waals surface area contributed by atoms with Crippen molar-refractivity contribution in [3.05, 3.63) is 0 Å². The first kappa shape index (κ1) is 11.9. The van der Waals surface area contributed by atoms with Crippen LogP contribution in [-0.2, 0) is 0 Å². The highest BCUT2D eigenvalue weighted by Crippen LogP contribution is 2.13. The lowest BCUT2D eigenvalue weighted by molar-refractivity contribution is 0.0495. The number of aliphatic hydroxyl groups excluding tert-OH is 2. The smallest absolute Gasteiger partial charge is 0.0796 e. The Bertz CT molecular complexity index is 93.8. The highest BCUT2D eigenvalue weighted by Gasteiger charge is 2.11. The minimum Gasteiger partial charge on any atom is -0.394 e. The molecule has 12 heavy (non-hydrogen) atoms. The quantitative estimate of drug-likeness (QED) is 0.579. The van der Waals surface area contributed by atoms with Crippen molar-refractivity contribution >= 4 is 0 Å². The highest BCUT2D eigenvalue weighted by atomic mass is 16.3. The number of aliphatic hydroxyl groups is 2. The molecule has 2 atom stereocenters. The summed E-state index contributed by atoms with van der Waals surface area (Å²) in [6, 6.07) is 0. The van der Waals surface area contributed by atoms with Crippen LogP contribution in [0.15, 0.2) is 0 Å². The first-order valence-corrected chi connectivity index (χ1v) is 5.01. The molecule has 0 aliphatic carbocycles. The number of hydrogen-bond donors (Lipinski definition) is 2. The molecule has 2 unspecified atom stereocenters. The molecule has 74 valence electrons. The summed E-state index contributed by atoms with van der Waals surface area (Å²) in [4.78, 5) is 0. The summed E-state index contributed by atoms with van der Waals surface area (Å²) in [5.74, 6) is 0.242. The Kier molecular flexibility index (Phi) is 7.51. The summed E-state index contributed by atoms with van der Waals surface area (Å²) in [6.07, 6.45) is 5.46. The van der Waals surface area contributed by atoms with Crippen molar-refractivity contribution in [2.24, 2.45) is 5.92 Å². The molecule has 0 bridgehead atoms. The van der Waals surface area contributed by atoms with E-state index in [0.717, 1.165) is 6.42 Å². The van der Waals surface area contributed by atoms with Gasteiger partial charge in [-0.15, -0.1) is 0 Å². The van der Waals surface area contributed by atoms with E-state index in [4.69, 9.17) is 5.11 Å². The molecule has 0 radical (unpaired) electrons. The average molecular weight is 174 g/mol.